The molecule has 0 fully saturated rings. The van der Waals surface area contributed by atoms with Crippen LogP contribution in [-0.2, 0) is 0 Å². The first-order valence-corrected chi connectivity index (χ1v) is 5.85. The van der Waals surface area contributed by atoms with Crippen LogP contribution in [0.4, 0.5) is 4.39 Å². The summed E-state index contributed by atoms with van der Waals surface area (Å²) in [5.41, 5.74) is 6.40. The lowest BCUT2D eigenvalue weighted by Crippen LogP contribution is -2.41. The van der Waals surface area contributed by atoms with Gasteiger partial charge in [0.25, 0.3) is 11.8 Å². The van der Waals surface area contributed by atoms with Crippen LogP contribution in [0.5, 0.6) is 0 Å². The fourth-order valence-electron chi connectivity index (χ4n) is 1.18. The lowest BCUT2D eigenvalue weighted by Gasteiger charge is -2.05. The van der Waals surface area contributed by atoms with E-state index in [0.717, 1.165) is 12.1 Å². The summed E-state index contributed by atoms with van der Waals surface area (Å²) in [4.78, 5) is 26.8. The first-order valence-electron chi connectivity index (χ1n) is 4.91. The molecule has 0 aliphatic carbocycles. The van der Waals surface area contributed by atoms with Crippen molar-refractivity contribution in [1.82, 2.24) is 15.8 Å². The fourth-order valence-corrected chi connectivity index (χ4v) is 1.71. The number of thiazole rings is 1. The van der Waals surface area contributed by atoms with Crippen LogP contribution in [0.1, 0.15) is 20.8 Å². The molecule has 5 nitrogen and oxygen atoms in total. The molecule has 0 bridgehead atoms. The first-order chi connectivity index (χ1) is 8.66. The lowest BCUT2D eigenvalue weighted by molar-refractivity contribution is 0.0844. The topological polar surface area (TPSA) is 71.1 Å². The van der Waals surface area contributed by atoms with Gasteiger partial charge in [0.05, 0.1) is 5.51 Å². The summed E-state index contributed by atoms with van der Waals surface area (Å²) in [6.45, 7) is 0. The zero-order valence-electron chi connectivity index (χ0n) is 9.01. The average Bonchev–Trinajstić information content (AvgIpc) is 2.90. The zero-order chi connectivity index (χ0) is 13.0. The number of hydrogen-bond acceptors (Lipinski definition) is 4. The predicted octanol–water partition coefficient (Wildman–Crippen LogP) is 1.36. The molecule has 0 saturated heterocycles. The van der Waals surface area contributed by atoms with Crippen molar-refractivity contribution in [3.05, 3.63) is 52.2 Å². The van der Waals surface area contributed by atoms with Crippen molar-refractivity contribution in [2.75, 3.05) is 0 Å². The van der Waals surface area contributed by atoms with Crippen LogP contribution < -0.4 is 10.9 Å². The molecular formula is C11H8FN3O2S. The van der Waals surface area contributed by atoms with Gasteiger partial charge in [-0.2, -0.15) is 0 Å². The SMILES string of the molecule is O=C(NNC(=O)c1cscn1)c1ccc(F)cc1. The maximum Gasteiger partial charge on any atom is 0.289 e. The Morgan fingerprint density at radius 2 is 1.78 bits per heavy atom. The van der Waals surface area contributed by atoms with E-state index in [1.165, 1.54) is 29.0 Å². The standard InChI is InChI=1S/C11H8FN3O2S/c12-8-3-1-7(2-4-8)10(16)14-15-11(17)9-5-18-6-13-9/h1-6H,(H,14,16)(H,15,17). The molecule has 0 unspecified atom stereocenters. The summed E-state index contributed by atoms with van der Waals surface area (Å²) in [6.07, 6.45) is 0. The number of rotatable bonds is 2. The number of hydrogen-bond donors (Lipinski definition) is 2. The lowest BCUT2D eigenvalue weighted by atomic mass is 10.2. The quantitative estimate of drug-likeness (QED) is 0.805. The molecule has 1 aromatic heterocycles. The average molecular weight is 265 g/mol. The van der Waals surface area contributed by atoms with Gasteiger partial charge in [-0.3, -0.25) is 20.4 Å². The summed E-state index contributed by atoms with van der Waals surface area (Å²) in [7, 11) is 0. The molecule has 0 saturated carbocycles. The molecule has 1 heterocycles. The Kier molecular flexibility index (Phi) is 3.63. The second-order valence-electron chi connectivity index (χ2n) is 3.29. The number of amides is 2. The van der Waals surface area contributed by atoms with E-state index in [4.69, 9.17) is 0 Å². The number of aromatic nitrogens is 1. The number of halogens is 1. The molecule has 0 aliphatic heterocycles. The first kappa shape index (κ1) is 12.2. The van der Waals surface area contributed by atoms with E-state index in [0.29, 0.717) is 0 Å². The van der Waals surface area contributed by atoms with Gasteiger partial charge in [-0.1, -0.05) is 0 Å². The van der Waals surface area contributed by atoms with E-state index in [-0.39, 0.29) is 11.3 Å². The van der Waals surface area contributed by atoms with Gasteiger partial charge in [0, 0.05) is 10.9 Å². The van der Waals surface area contributed by atoms with Crippen molar-refractivity contribution in [3.8, 4) is 0 Å². The van der Waals surface area contributed by atoms with E-state index in [1.807, 2.05) is 0 Å². The molecule has 2 aromatic rings. The van der Waals surface area contributed by atoms with Crippen LogP contribution in [0.15, 0.2) is 35.2 Å². The van der Waals surface area contributed by atoms with E-state index >= 15 is 0 Å². The van der Waals surface area contributed by atoms with Crippen LogP contribution >= 0.6 is 11.3 Å². The summed E-state index contributed by atoms with van der Waals surface area (Å²) in [6, 6.07) is 4.97. The van der Waals surface area contributed by atoms with E-state index < -0.39 is 17.6 Å². The summed E-state index contributed by atoms with van der Waals surface area (Å²) < 4.78 is 12.6. The highest BCUT2D eigenvalue weighted by Crippen LogP contribution is 2.02. The number of carbonyl (C=O) groups excluding carboxylic acids is 2. The van der Waals surface area contributed by atoms with Crippen molar-refractivity contribution >= 4 is 23.2 Å². The Labute approximate surface area is 106 Å². The number of hydrazine groups is 1. The van der Waals surface area contributed by atoms with E-state index in [9.17, 15) is 14.0 Å². The molecule has 0 radical (unpaired) electrons. The van der Waals surface area contributed by atoms with E-state index in [1.54, 1.807) is 5.38 Å². The van der Waals surface area contributed by atoms with E-state index in [2.05, 4.69) is 15.8 Å². The molecule has 0 aliphatic rings. The van der Waals surface area contributed by atoms with Gasteiger partial charge in [-0.25, -0.2) is 9.37 Å². The number of nitrogens with zero attached hydrogens (tertiary/aromatic N) is 1. The molecule has 18 heavy (non-hydrogen) atoms. The van der Waals surface area contributed by atoms with Gasteiger partial charge in [0.15, 0.2) is 0 Å². The van der Waals surface area contributed by atoms with Crippen molar-refractivity contribution in [2.45, 2.75) is 0 Å². The van der Waals surface area contributed by atoms with Crippen molar-refractivity contribution in [1.29, 1.82) is 0 Å². The second kappa shape index (κ2) is 5.37. The minimum Gasteiger partial charge on any atom is -0.267 e. The Bertz CT molecular complexity index is 554. The Morgan fingerprint density at radius 1 is 1.11 bits per heavy atom. The van der Waals surface area contributed by atoms with Crippen LogP contribution in [0.2, 0.25) is 0 Å². The highest BCUT2D eigenvalue weighted by atomic mass is 32.1. The molecule has 2 amide bonds. The number of nitrogens with one attached hydrogen (secondary N) is 2. The Morgan fingerprint density at radius 3 is 2.39 bits per heavy atom. The van der Waals surface area contributed by atoms with Crippen LogP contribution in [-0.4, -0.2) is 16.8 Å². The zero-order valence-corrected chi connectivity index (χ0v) is 9.83. The van der Waals surface area contributed by atoms with Crippen LogP contribution in [0.3, 0.4) is 0 Å². The largest absolute Gasteiger partial charge is 0.289 e. The molecule has 7 heteroatoms. The van der Waals surface area contributed by atoms with Crippen molar-refractivity contribution in [2.24, 2.45) is 0 Å². The van der Waals surface area contributed by atoms with Gasteiger partial charge >= 0.3 is 0 Å². The smallest absolute Gasteiger partial charge is 0.267 e. The summed E-state index contributed by atoms with van der Waals surface area (Å²) in [5, 5.41) is 1.55. The minimum atomic E-state index is -0.529. The third-order valence-electron chi connectivity index (χ3n) is 2.06. The second-order valence-corrected chi connectivity index (χ2v) is 4.01. The van der Waals surface area contributed by atoms with Crippen LogP contribution in [0, 0.1) is 5.82 Å². The Hall–Kier alpha value is -2.28. The molecule has 1 aromatic carbocycles. The molecule has 0 atom stereocenters. The van der Waals surface area contributed by atoms with Crippen molar-refractivity contribution < 1.29 is 14.0 Å². The molecular weight excluding hydrogens is 257 g/mol. The van der Waals surface area contributed by atoms with Gasteiger partial charge in [0.2, 0.25) is 0 Å². The summed E-state index contributed by atoms with van der Waals surface area (Å²) in [5.74, 6) is -1.47. The number of carbonyl (C=O) groups is 2. The molecule has 2 N–H and O–H groups in total. The normalized spacial score (nSPS) is 9.83. The maximum atomic E-state index is 12.6. The minimum absolute atomic E-state index is 0.222. The number of benzene rings is 1. The predicted molar refractivity (Wildman–Crippen MR) is 63.4 cm³/mol. The molecule has 2 rings (SSSR count). The third kappa shape index (κ3) is 2.89. The van der Waals surface area contributed by atoms with Gasteiger partial charge in [-0.15, -0.1) is 11.3 Å². The van der Waals surface area contributed by atoms with Crippen LogP contribution in [0.25, 0.3) is 0 Å². The fraction of sp³-hybridized carbons (Fsp3) is 0. The highest BCUT2D eigenvalue weighted by molar-refractivity contribution is 7.07. The molecule has 92 valence electrons. The van der Waals surface area contributed by atoms with Gasteiger partial charge < -0.3 is 0 Å². The van der Waals surface area contributed by atoms with Gasteiger partial charge in [0.1, 0.15) is 11.5 Å². The van der Waals surface area contributed by atoms with Crippen molar-refractivity contribution in [3.63, 3.8) is 0 Å². The Balaban J connectivity index is 1.92. The highest BCUT2D eigenvalue weighted by Gasteiger charge is 2.10. The maximum absolute atomic E-state index is 12.6. The summed E-state index contributed by atoms with van der Waals surface area (Å²) >= 11 is 1.27. The third-order valence-corrected chi connectivity index (χ3v) is 2.65. The molecule has 0 spiro atoms. The monoisotopic (exact) mass is 265 g/mol. The van der Waals surface area contributed by atoms with Gasteiger partial charge in [-0.05, 0) is 24.3 Å².